The van der Waals surface area contributed by atoms with Crippen LogP contribution in [0.5, 0.6) is 28.7 Å². The summed E-state index contributed by atoms with van der Waals surface area (Å²) in [5.74, 6) is 46.0. The van der Waals surface area contributed by atoms with Crippen LogP contribution in [0.1, 0.15) is 471 Å². The summed E-state index contributed by atoms with van der Waals surface area (Å²) in [6.45, 7) is 23.0. The minimum Gasteiger partial charge on any atom is -0.497 e. The van der Waals surface area contributed by atoms with Crippen molar-refractivity contribution in [2.75, 3.05) is 33.5 Å². The number of hydrogen-bond donors (Lipinski definition) is 0. The molecule has 0 radical (unpaired) electrons. The van der Waals surface area contributed by atoms with E-state index in [2.05, 4.69) is 248 Å². The maximum atomic E-state index is 5.78. The predicted octanol–water partition coefficient (Wildman–Crippen LogP) is 38.6. The minimum atomic E-state index is 0.692. The average Bonchev–Trinajstić information content (AvgIpc) is 0.861. The molecule has 0 spiro atoms. The number of unbranched alkanes of at least 4 members (excludes halogenated alkanes) is 13. The summed E-state index contributed by atoms with van der Waals surface area (Å²) < 4.78 is 27.8. The summed E-state index contributed by atoms with van der Waals surface area (Å²) in [6.07, 6.45) is 62.5. The van der Waals surface area contributed by atoms with Crippen LogP contribution in [0.4, 0.5) is 0 Å². The van der Waals surface area contributed by atoms with Crippen LogP contribution in [0.25, 0.3) is 0 Å². The van der Waals surface area contributed by atoms with Crippen molar-refractivity contribution in [2.45, 2.75) is 387 Å². The Balaban J connectivity index is 0.000000173. The maximum Gasteiger partial charge on any atom is 0.119 e. The molecule has 10 aromatic rings. The summed E-state index contributed by atoms with van der Waals surface area (Å²) in [4.78, 5) is 0. The van der Waals surface area contributed by atoms with Crippen LogP contribution in [0.2, 0.25) is 0 Å². The van der Waals surface area contributed by atoms with Crippen molar-refractivity contribution in [3.8, 4) is 88.0 Å². The van der Waals surface area contributed by atoms with E-state index in [0.717, 1.165) is 189 Å². The Morgan fingerprint density at radius 1 is 0.172 bits per heavy atom. The van der Waals surface area contributed by atoms with Crippen molar-refractivity contribution < 1.29 is 23.7 Å². The summed E-state index contributed by atoms with van der Waals surface area (Å²) in [5, 5.41) is 0. The Labute approximate surface area is 882 Å². The molecule has 10 aromatic carbocycles. The van der Waals surface area contributed by atoms with Gasteiger partial charge in [-0.1, -0.05) is 323 Å². The van der Waals surface area contributed by atoms with E-state index in [1.54, 1.807) is 7.11 Å². The Hall–Kier alpha value is -11.0. The molecule has 0 atom stereocenters. The first kappa shape index (κ1) is 114. The van der Waals surface area contributed by atoms with E-state index in [1.165, 1.54) is 297 Å². The highest BCUT2D eigenvalue weighted by molar-refractivity contribution is 5.51. The summed E-state index contributed by atoms with van der Waals surface area (Å²) >= 11 is 0. The van der Waals surface area contributed by atoms with Crippen molar-refractivity contribution in [2.24, 2.45) is 29.6 Å². The smallest absolute Gasteiger partial charge is 0.119 e. The number of hydrogen-bond acceptors (Lipinski definition) is 5. The van der Waals surface area contributed by atoms with Gasteiger partial charge in [-0.3, -0.25) is 0 Å². The van der Waals surface area contributed by atoms with E-state index < -0.39 is 0 Å². The molecular formula is C140H180O5. The van der Waals surface area contributed by atoms with E-state index in [0.29, 0.717) is 6.61 Å². The largest absolute Gasteiger partial charge is 0.497 e. The summed E-state index contributed by atoms with van der Waals surface area (Å²) in [7, 11) is 1.68. The van der Waals surface area contributed by atoms with Crippen molar-refractivity contribution in [1.82, 2.24) is 0 Å². The second-order valence-electron chi connectivity index (χ2n) is 42.3. The minimum absolute atomic E-state index is 0.692. The van der Waals surface area contributed by atoms with Gasteiger partial charge in [-0.2, -0.15) is 0 Å². The molecule has 770 valence electrons. The molecule has 5 aliphatic carbocycles. The Morgan fingerprint density at radius 2 is 0.345 bits per heavy atom. The third-order valence-electron chi connectivity index (χ3n) is 31.1. The number of methoxy groups -OCH3 is 1. The van der Waals surface area contributed by atoms with E-state index in [-0.39, 0.29) is 0 Å². The molecule has 0 unspecified atom stereocenters. The zero-order chi connectivity index (χ0) is 102. The Morgan fingerprint density at radius 3 is 0.531 bits per heavy atom. The number of rotatable bonds is 40. The van der Waals surface area contributed by atoms with Crippen LogP contribution in [0.3, 0.4) is 0 Å². The predicted molar refractivity (Wildman–Crippen MR) is 617 cm³/mol. The van der Waals surface area contributed by atoms with E-state index >= 15 is 0 Å². The van der Waals surface area contributed by atoms with Gasteiger partial charge in [0.15, 0.2) is 0 Å². The zero-order valence-corrected chi connectivity index (χ0v) is 91.3. The van der Waals surface area contributed by atoms with Crippen molar-refractivity contribution in [3.05, 3.63) is 326 Å². The van der Waals surface area contributed by atoms with E-state index in [1.807, 2.05) is 116 Å². The maximum absolute atomic E-state index is 5.78. The lowest BCUT2D eigenvalue weighted by atomic mass is 9.77. The van der Waals surface area contributed by atoms with Gasteiger partial charge in [0.05, 0.1) is 33.5 Å². The zero-order valence-electron chi connectivity index (χ0n) is 91.3. The van der Waals surface area contributed by atoms with E-state index in [9.17, 15) is 0 Å². The molecular weight excluding hydrogens is 1760 g/mol. The van der Waals surface area contributed by atoms with Gasteiger partial charge < -0.3 is 23.7 Å². The van der Waals surface area contributed by atoms with Crippen LogP contribution in [0, 0.1) is 88.8 Å². The van der Waals surface area contributed by atoms with Gasteiger partial charge in [0, 0.05) is 55.6 Å². The van der Waals surface area contributed by atoms with Gasteiger partial charge in [-0.25, -0.2) is 0 Å². The van der Waals surface area contributed by atoms with Crippen molar-refractivity contribution in [3.63, 3.8) is 0 Å². The molecule has 0 N–H and O–H groups in total. The molecule has 0 bridgehead atoms. The fourth-order valence-corrected chi connectivity index (χ4v) is 21.7. The average molecular weight is 1940 g/mol. The highest BCUT2D eigenvalue weighted by Gasteiger charge is 2.28. The molecule has 5 heteroatoms. The standard InChI is InChI=1S/C30H40O.C29H38O.C28H36O.C27H34O.C26H32O/c1-3-5-7-9-25-12-18-28(19-13-25)29-20-14-26(15-21-29)10-11-27-16-22-30(23-17-27)31-24-8-6-4-2;1-3-5-7-8-24-11-17-27(18-12-24)28-19-13-25(14-20-28)9-10-26-15-21-29(22-16-26)30-23-6-4-2;1-3-5-6-7-23-10-16-26(17-11-23)27-18-12-24(13-19-27)8-9-25-14-20-28(21-15-25)29-22-4-2;1-3-5-6-7-22-10-16-25(17-11-22)26-18-12-23(13-19-26)8-9-24-14-20-27(21-15-24)28-4-2;1-3-4-5-6-21-9-15-24(16-10-21)25-17-11-22(12-18-25)7-8-23-13-19-26(27-2)20-14-23/h14-17,20-23,25,28H,3-9,12-13,18-19,24H2,1-2H3;13-16,19-22,24,27H,3-8,11-12,17-18,23H2,1-2H3;12-15,18-21,23,26H,3-7,10-11,16-17,22H2,1-2H3;12-15,18-22,25H,3-7,10-11,16-17H2,1-2H3;11-14,17-21,24H,3-6,9-10,15-16H2,1-2H3/t25-,28-;24-,27-;23-,26-;22-,25-;21-,24-. The molecule has 5 fully saturated rings. The van der Waals surface area contributed by atoms with Gasteiger partial charge in [-0.15, -0.1) is 0 Å². The van der Waals surface area contributed by atoms with Crippen molar-refractivity contribution >= 4 is 0 Å². The van der Waals surface area contributed by atoms with E-state index in [4.69, 9.17) is 23.7 Å². The normalized spacial score (nSPS) is 18.7. The van der Waals surface area contributed by atoms with Gasteiger partial charge in [-0.05, 0) is 424 Å². The quantitative estimate of drug-likeness (QED) is 0.0283. The lowest BCUT2D eigenvalue weighted by Crippen LogP contribution is -2.13. The van der Waals surface area contributed by atoms with Gasteiger partial charge in [0.1, 0.15) is 28.7 Å². The third kappa shape index (κ3) is 43.5. The van der Waals surface area contributed by atoms with Crippen molar-refractivity contribution in [1.29, 1.82) is 0 Å². The molecule has 0 amide bonds. The molecule has 5 nitrogen and oxygen atoms in total. The monoisotopic (exact) mass is 1940 g/mol. The topological polar surface area (TPSA) is 46.2 Å². The number of ether oxygens (including phenoxy) is 5. The van der Waals surface area contributed by atoms with Gasteiger partial charge in [0.2, 0.25) is 0 Å². The first-order valence-corrected chi connectivity index (χ1v) is 58.1. The summed E-state index contributed by atoms with van der Waals surface area (Å²) in [6, 6.07) is 85.1. The van der Waals surface area contributed by atoms with Crippen LogP contribution in [-0.2, 0) is 0 Å². The fraction of sp³-hybridized carbons (Fsp3) is 0.500. The second kappa shape index (κ2) is 68.4. The summed E-state index contributed by atoms with van der Waals surface area (Å²) in [5.41, 5.74) is 18.1. The molecule has 145 heavy (non-hydrogen) atoms. The van der Waals surface area contributed by atoms with Gasteiger partial charge >= 0.3 is 0 Å². The van der Waals surface area contributed by atoms with Crippen LogP contribution in [0.15, 0.2) is 243 Å². The van der Waals surface area contributed by atoms with Crippen LogP contribution < -0.4 is 23.7 Å². The lowest BCUT2D eigenvalue weighted by Gasteiger charge is -2.29. The van der Waals surface area contributed by atoms with Crippen LogP contribution in [-0.4, -0.2) is 33.5 Å². The lowest BCUT2D eigenvalue weighted by molar-refractivity contribution is 0.303. The highest BCUT2D eigenvalue weighted by Crippen LogP contribution is 2.44. The Kier molecular flexibility index (Phi) is 54.0. The number of benzene rings is 10. The van der Waals surface area contributed by atoms with Crippen LogP contribution >= 0.6 is 0 Å². The second-order valence-corrected chi connectivity index (χ2v) is 42.3. The molecule has 0 aromatic heterocycles. The molecule has 0 heterocycles. The molecule has 15 rings (SSSR count). The van der Waals surface area contributed by atoms with Gasteiger partial charge in [0.25, 0.3) is 0 Å². The first-order valence-electron chi connectivity index (χ1n) is 58.1. The molecule has 0 saturated heterocycles. The molecule has 5 aliphatic rings. The fourth-order valence-electron chi connectivity index (χ4n) is 21.7. The SMILES string of the molecule is CCCCCOc1ccc(C#Cc2ccc([C@H]3CC[C@H](CCCCC)CC3)cc2)cc1.CCCCC[C@H]1CC[C@H](c2ccc(C#Cc3ccc(OC)cc3)cc2)CC1.CCCCC[C@H]1CC[C@H](c2ccc(C#Cc3ccc(OCC)cc3)cc2)CC1.CCCCC[C@H]1CC[C@H](c2ccc(C#Cc3ccc(OCCC)cc3)cc2)CC1.CCCCC[C@H]1CC[C@H](c2ccc(C#Cc3ccc(OCCCC)cc3)cc2)CC1. The molecule has 0 aliphatic heterocycles. The first-order chi connectivity index (χ1) is 71.4. The molecule has 5 saturated carbocycles. The third-order valence-corrected chi connectivity index (χ3v) is 31.1. The highest BCUT2D eigenvalue weighted by atomic mass is 16.5. The Bertz CT molecular complexity index is 5450.